The molecule has 5 nitrogen and oxygen atoms in total. The fourth-order valence-electron chi connectivity index (χ4n) is 4.36. The molecule has 2 N–H and O–H groups in total. The Bertz CT molecular complexity index is 1180. The van der Waals surface area contributed by atoms with Crippen LogP contribution >= 0.6 is 0 Å². The molecule has 0 spiro atoms. The van der Waals surface area contributed by atoms with Crippen LogP contribution in [0.4, 0.5) is 5.82 Å². The smallest absolute Gasteiger partial charge is 0.256 e. The molecular formula is C28H32N4O. The number of aromatic nitrogens is 1. The Morgan fingerprint density at radius 2 is 1.94 bits per heavy atom. The number of nitrogens with zero attached hydrogens (tertiary/aromatic N) is 2. The van der Waals surface area contributed by atoms with Gasteiger partial charge in [0.05, 0.1) is 0 Å². The number of carbonyl (C=O) groups is 1. The van der Waals surface area contributed by atoms with E-state index in [-0.39, 0.29) is 5.91 Å². The van der Waals surface area contributed by atoms with Crippen molar-refractivity contribution in [1.82, 2.24) is 15.2 Å². The molecule has 1 saturated heterocycles. The molecule has 0 saturated carbocycles. The first kappa shape index (κ1) is 22.7. The first-order chi connectivity index (χ1) is 16.0. The Hall–Kier alpha value is -3.44. The summed E-state index contributed by atoms with van der Waals surface area (Å²) in [5.41, 5.74) is 3.99. The molecule has 5 heteroatoms. The van der Waals surface area contributed by atoms with E-state index in [0.717, 1.165) is 41.4 Å². The second kappa shape index (κ2) is 10.5. The maximum atomic E-state index is 12.9. The number of hydrogen-bond donors (Lipinski definition) is 2. The summed E-state index contributed by atoms with van der Waals surface area (Å²) in [5.74, 6) is 1.09. The first-order valence-corrected chi connectivity index (χ1v) is 11.5. The first-order valence-electron chi connectivity index (χ1n) is 11.5. The van der Waals surface area contributed by atoms with Gasteiger partial charge in [-0.25, -0.2) is 4.98 Å². The highest BCUT2D eigenvalue weighted by Gasteiger charge is 2.15. The topological polar surface area (TPSA) is 57.3 Å². The number of anilines is 1. The highest BCUT2D eigenvalue weighted by molar-refractivity contribution is 6.04. The summed E-state index contributed by atoms with van der Waals surface area (Å²) in [5, 5.41) is 8.42. The maximum absolute atomic E-state index is 12.9. The monoisotopic (exact) mass is 440 g/mol. The molecule has 0 aliphatic carbocycles. The van der Waals surface area contributed by atoms with Gasteiger partial charge in [-0.05, 0) is 84.6 Å². The standard InChI is InChI=1S/C28H32N4O/c1-4-22(19-32(2)3)23-8-9-25-18-30-27(17-26(25)16-23)31-28(33)24-7-5-6-21(15-24)14-20-10-12-29-13-11-20/h4-9,15-20,29H,1,10-14H2,2-3H3,(H,30,31,33)/b22-19+. The van der Waals surface area contributed by atoms with Crippen LogP contribution in [-0.4, -0.2) is 43.0 Å². The summed E-state index contributed by atoms with van der Waals surface area (Å²) in [7, 11) is 3.98. The number of carbonyl (C=O) groups excluding carboxylic acids is 1. The maximum Gasteiger partial charge on any atom is 0.256 e. The molecule has 1 aliphatic rings. The van der Waals surface area contributed by atoms with E-state index >= 15 is 0 Å². The molecule has 1 aliphatic heterocycles. The Kier molecular flexibility index (Phi) is 7.20. The number of piperidine rings is 1. The van der Waals surface area contributed by atoms with Gasteiger partial charge in [0.15, 0.2) is 0 Å². The molecule has 1 aromatic heterocycles. The minimum absolute atomic E-state index is 0.135. The second-order valence-corrected chi connectivity index (χ2v) is 8.94. The van der Waals surface area contributed by atoms with Crippen LogP contribution in [0.3, 0.4) is 0 Å². The number of benzene rings is 2. The van der Waals surface area contributed by atoms with Crippen LogP contribution in [0.1, 0.15) is 34.3 Å². The fraction of sp³-hybridized carbons (Fsp3) is 0.286. The van der Waals surface area contributed by atoms with Crippen LogP contribution in [0.2, 0.25) is 0 Å². The van der Waals surface area contributed by atoms with Gasteiger partial charge in [0.25, 0.3) is 5.91 Å². The van der Waals surface area contributed by atoms with Gasteiger partial charge in [0, 0.05) is 37.4 Å². The Balaban J connectivity index is 1.51. The van der Waals surface area contributed by atoms with Crippen molar-refractivity contribution >= 4 is 28.1 Å². The van der Waals surface area contributed by atoms with Crippen LogP contribution in [0.25, 0.3) is 16.3 Å². The normalized spacial score (nSPS) is 14.8. The number of rotatable bonds is 7. The summed E-state index contributed by atoms with van der Waals surface area (Å²) in [4.78, 5) is 19.4. The summed E-state index contributed by atoms with van der Waals surface area (Å²) >= 11 is 0. The van der Waals surface area contributed by atoms with Crippen molar-refractivity contribution in [1.29, 1.82) is 0 Å². The zero-order chi connectivity index (χ0) is 23.2. The lowest BCUT2D eigenvalue weighted by molar-refractivity contribution is 0.102. The third-order valence-corrected chi connectivity index (χ3v) is 6.09. The van der Waals surface area contributed by atoms with Crippen LogP contribution in [0, 0.1) is 5.92 Å². The molecule has 33 heavy (non-hydrogen) atoms. The molecule has 0 unspecified atom stereocenters. The lowest BCUT2D eigenvalue weighted by Crippen LogP contribution is -2.28. The zero-order valence-corrected chi connectivity index (χ0v) is 19.5. The Labute approximate surface area is 196 Å². The average molecular weight is 441 g/mol. The van der Waals surface area contributed by atoms with E-state index in [1.165, 1.54) is 18.4 Å². The molecule has 3 aromatic rings. The van der Waals surface area contributed by atoms with Crippen LogP contribution < -0.4 is 10.6 Å². The van der Waals surface area contributed by atoms with E-state index in [2.05, 4.69) is 40.4 Å². The summed E-state index contributed by atoms with van der Waals surface area (Å²) in [6.45, 7) is 6.10. The highest BCUT2D eigenvalue weighted by Crippen LogP contribution is 2.24. The van der Waals surface area contributed by atoms with Crippen molar-refractivity contribution in [2.75, 3.05) is 32.5 Å². The van der Waals surface area contributed by atoms with E-state index in [9.17, 15) is 4.79 Å². The van der Waals surface area contributed by atoms with E-state index in [4.69, 9.17) is 0 Å². The van der Waals surface area contributed by atoms with Gasteiger partial charge in [-0.1, -0.05) is 36.9 Å². The van der Waals surface area contributed by atoms with Crippen molar-refractivity contribution in [2.24, 2.45) is 5.92 Å². The summed E-state index contributed by atoms with van der Waals surface area (Å²) in [6, 6.07) is 16.1. The Morgan fingerprint density at radius 1 is 1.12 bits per heavy atom. The van der Waals surface area contributed by atoms with Gasteiger partial charge in [0.1, 0.15) is 5.82 Å². The lowest BCUT2D eigenvalue weighted by atomic mass is 9.90. The van der Waals surface area contributed by atoms with Crippen molar-refractivity contribution in [3.63, 3.8) is 0 Å². The molecule has 0 bridgehead atoms. The van der Waals surface area contributed by atoms with E-state index < -0.39 is 0 Å². The quantitative estimate of drug-likeness (QED) is 0.501. The van der Waals surface area contributed by atoms with E-state index in [0.29, 0.717) is 17.3 Å². The van der Waals surface area contributed by atoms with Gasteiger partial charge in [-0.15, -0.1) is 0 Å². The molecule has 1 fully saturated rings. The fourth-order valence-corrected chi connectivity index (χ4v) is 4.36. The number of hydrogen-bond acceptors (Lipinski definition) is 4. The number of nitrogens with one attached hydrogen (secondary N) is 2. The third kappa shape index (κ3) is 5.88. The van der Waals surface area contributed by atoms with Gasteiger partial charge < -0.3 is 15.5 Å². The molecule has 4 rings (SSSR count). The van der Waals surface area contributed by atoms with Gasteiger partial charge in [-0.3, -0.25) is 4.79 Å². The number of allylic oxidation sites excluding steroid dienone is 2. The van der Waals surface area contributed by atoms with E-state index in [1.807, 2.05) is 61.6 Å². The van der Waals surface area contributed by atoms with Crippen LogP contribution in [-0.2, 0) is 6.42 Å². The largest absolute Gasteiger partial charge is 0.383 e. The molecule has 170 valence electrons. The van der Waals surface area contributed by atoms with Crippen molar-refractivity contribution in [3.8, 4) is 0 Å². The number of fused-ring (bicyclic) bond motifs is 1. The molecule has 1 amide bonds. The predicted molar refractivity (Wildman–Crippen MR) is 137 cm³/mol. The van der Waals surface area contributed by atoms with Crippen molar-refractivity contribution in [2.45, 2.75) is 19.3 Å². The molecule has 0 radical (unpaired) electrons. The lowest BCUT2D eigenvalue weighted by Gasteiger charge is -2.22. The third-order valence-electron chi connectivity index (χ3n) is 6.09. The minimum atomic E-state index is -0.135. The average Bonchev–Trinajstić information content (AvgIpc) is 2.83. The number of amides is 1. The summed E-state index contributed by atoms with van der Waals surface area (Å²) < 4.78 is 0. The molecule has 2 heterocycles. The molecule has 2 aromatic carbocycles. The van der Waals surface area contributed by atoms with Crippen molar-refractivity contribution in [3.05, 3.63) is 90.3 Å². The van der Waals surface area contributed by atoms with Crippen molar-refractivity contribution < 1.29 is 4.79 Å². The summed E-state index contributed by atoms with van der Waals surface area (Å²) in [6.07, 6.45) is 9.08. The number of pyridine rings is 1. The molecular weight excluding hydrogens is 408 g/mol. The highest BCUT2D eigenvalue weighted by atomic mass is 16.1. The van der Waals surface area contributed by atoms with E-state index in [1.54, 1.807) is 6.20 Å². The zero-order valence-electron chi connectivity index (χ0n) is 19.5. The van der Waals surface area contributed by atoms with Crippen LogP contribution in [0.15, 0.2) is 73.6 Å². The van der Waals surface area contributed by atoms with Crippen LogP contribution in [0.5, 0.6) is 0 Å². The van der Waals surface area contributed by atoms with Gasteiger partial charge in [-0.2, -0.15) is 0 Å². The van der Waals surface area contributed by atoms with Gasteiger partial charge in [0.2, 0.25) is 0 Å². The second-order valence-electron chi connectivity index (χ2n) is 8.94. The SMILES string of the molecule is C=C/C(=C\N(C)C)c1ccc2cnc(NC(=O)c3cccc(CC4CCNCC4)c3)cc2c1. The minimum Gasteiger partial charge on any atom is -0.383 e. The van der Waals surface area contributed by atoms with Gasteiger partial charge >= 0.3 is 0 Å². The predicted octanol–water partition coefficient (Wildman–Crippen LogP) is 5.12. The molecule has 0 atom stereocenters. The Morgan fingerprint density at radius 3 is 2.70 bits per heavy atom.